The monoisotopic (exact) mass is 515 g/mol. The van der Waals surface area contributed by atoms with Crippen LogP contribution in [0.5, 0.6) is 11.5 Å². The van der Waals surface area contributed by atoms with Gasteiger partial charge in [0.1, 0.15) is 12.2 Å². The third kappa shape index (κ3) is 4.17. The van der Waals surface area contributed by atoms with E-state index in [1.165, 1.54) is 25.0 Å². The SMILES string of the molecule is C=CCOc1ccc(C2c3c(oc4ccc(Cl)cc4c3=O)C(=O)N2c2ccc(C(C)=O)cc2)cc1OC. The van der Waals surface area contributed by atoms with Crippen LogP contribution in [0, 0.1) is 0 Å². The van der Waals surface area contributed by atoms with Gasteiger partial charge in [-0.25, -0.2) is 0 Å². The second kappa shape index (κ2) is 9.59. The van der Waals surface area contributed by atoms with Gasteiger partial charge in [0, 0.05) is 16.3 Å². The second-order valence-electron chi connectivity index (χ2n) is 8.51. The van der Waals surface area contributed by atoms with Crippen molar-refractivity contribution >= 4 is 39.9 Å². The number of hydrogen-bond donors (Lipinski definition) is 0. The molecule has 1 amide bonds. The van der Waals surface area contributed by atoms with E-state index in [4.69, 9.17) is 25.5 Å². The van der Waals surface area contributed by atoms with Crippen LogP contribution in [-0.2, 0) is 0 Å². The van der Waals surface area contributed by atoms with Crippen molar-refractivity contribution in [2.45, 2.75) is 13.0 Å². The molecule has 0 saturated carbocycles. The number of fused-ring (bicyclic) bond motifs is 2. The van der Waals surface area contributed by atoms with E-state index in [9.17, 15) is 14.4 Å². The molecule has 0 bridgehead atoms. The Morgan fingerprint density at radius 1 is 1.08 bits per heavy atom. The minimum atomic E-state index is -0.826. The van der Waals surface area contributed by atoms with E-state index < -0.39 is 11.9 Å². The average molecular weight is 516 g/mol. The summed E-state index contributed by atoms with van der Waals surface area (Å²) in [6.45, 7) is 5.41. The van der Waals surface area contributed by atoms with E-state index >= 15 is 0 Å². The van der Waals surface area contributed by atoms with Gasteiger partial charge >= 0.3 is 0 Å². The number of halogens is 1. The smallest absolute Gasteiger partial charge is 0.295 e. The molecule has 1 unspecified atom stereocenters. The quantitative estimate of drug-likeness (QED) is 0.222. The Morgan fingerprint density at radius 3 is 2.51 bits per heavy atom. The minimum Gasteiger partial charge on any atom is -0.493 e. The molecule has 1 aliphatic rings. The Labute approximate surface area is 217 Å². The van der Waals surface area contributed by atoms with E-state index in [0.29, 0.717) is 33.3 Å². The number of ketones is 1. The first-order chi connectivity index (χ1) is 17.8. The molecule has 0 saturated heterocycles. The lowest BCUT2D eigenvalue weighted by Crippen LogP contribution is -2.29. The molecule has 1 aromatic heterocycles. The van der Waals surface area contributed by atoms with Crippen LogP contribution >= 0.6 is 11.6 Å². The number of methoxy groups -OCH3 is 1. The predicted molar refractivity (Wildman–Crippen MR) is 141 cm³/mol. The van der Waals surface area contributed by atoms with Crippen molar-refractivity contribution in [1.29, 1.82) is 0 Å². The fourth-order valence-corrected chi connectivity index (χ4v) is 4.68. The molecular weight excluding hydrogens is 494 g/mol. The Bertz CT molecular complexity index is 1620. The summed E-state index contributed by atoms with van der Waals surface area (Å²) < 4.78 is 17.2. The lowest BCUT2D eigenvalue weighted by atomic mass is 9.97. The molecule has 5 rings (SSSR count). The molecule has 0 spiro atoms. The highest BCUT2D eigenvalue weighted by Crippen LogP contribution is 2.43. The highest BCUT2D eigenvalue weighted by molar-refractivity contribution is 6.31. The van der Waals surface area contributed by atoms with E-state index in [1.54, 1.807) is 60.7 Å². The first-order valence-corrected chi connectivity index (χ1v) is 11.8. The van der Waals surface area contributed by atoms with E-state index in [-0.39, 0.29) is 40.1 Å². The highest BCUT2D eigenvalue weighted by Gasteiger charge is 2.44. The number of anilines is 1. The number of nitrogens with zero attached hydrogens (tertiary/aromatic N) is 1. The van der Waals surface area contributed by atoms with Gasteiger partial charge in [0.05, 0.1) is 24.1 Å². The zero-order valence-electron chi connectivity index (χ0n) is 20.1. The van der Waals surface area contributed by atoms with Crippen LogP contribution in [0.2, 0.25) is 5.02 Å². The fraction of sp³-hybridized carbons (Fsp3) is 0.138. The molecule has 2 heterocycles. The third-order valence-electron chi connectivity index (χ3n) is 6.24. The zero-order chi connectivity index (χ0) is 26.3. The number of Topliss-reactive ketones (excluding diaryl/α,β-unsaturated/α-hetero) is 1. The Kier molecular flexibility index (Phi) is 6.31. The molecule has 8 heteroatoms. The van der Waals surface area contributed by atoms with Crippen LogP contribution in [0.15, 0.2) is 82.5 Å². The summed E-state index contributed by atoms with van der Waals surface area (Å²) in [5.74, 6) is 0.298. The van der Waals surface area contributed by atoms with E-state index in [0.717, 1.165) is 0 Å². The van der Waals surface area contributed by atoms with E-state index in [2.05, 4.69) is 6.58 Å². The van der Waals surface area contributed by atoms with Crippen LogP contribution in [0.1, 0.15) is 45.0 Å². The molecule has 0 fully saturated rings. The zero-order valence-corrected chi connectivity index (χ0v) is 20.9. The normalized spacial score (nSPS) is 14.5. The van der Waals surface area contributed by atoms with E-state index in [1.807, 2.05) is 0 Å². The lowest BCUT2D eigenvalue weighted by Gasteiger charge is -2.26. The van der Waals surface area contributed by atoms with Crippen LogP contribution in [0.3, 0.4) is 0 Å². The molecule has 186 valence electrons. The molecule has 37 heavy (non-hydrogen) atoms. The maximum Gasteiger partial charge on any atom is 0.295 e. The number of rotatable bonds is 7. The highest BCUT2D eigenvalue weighted by atomic mass is 35.5. The third-order valence-corrected chi connectivity index (χ3v) is 6.48. The Morgan fingerprint density at radius 2 is 1.84 bits per heavy atom. The van der Waals surface area contributed by atoms with Crippen molar-refractivity contribution in [2.75, 3.05) is 18.6 Å². The summed E-state index contributed by atoms with van der Waals surface area (Å²) in [6, 6.07) is 15.7. The fourth-order valence-electron chi connectivity index (χ4n) is 4.51. The summed E-state index contributed by atoms with van der Waals surface area (Å²) in [7, 11) is 1.51. The van der Waals surface area contributed by atoms with Gasteiger partial charge in [0.25, 0.3) is 5.91 Å². The molecule has 0 radical (unpaired) electrons. The van der Waals surface area contributed by atoms with Crippen molar-refractivity contribution in [3.05, 3.63) is 111 Å². The van der Waals surface area contributed by atoms with Crippen LogP contribution in [0.25, 0.3) is 11.0 Å². The number of ether oxygens (including phenoxy) is 2. The second-order valence-corrected chi connectivity index (χ2v) is 8.94. The molecule has 4 aromatic rings. The van der Waals surface area contributed by atoms with Crippen molar-refractivity contribution in [3.8, 4) is 11.5 Å². The number of carbonyl (C=O) groups is 2. The van der Waals surface area contributed by atoms with Gasteiger partial charge in [0.15, 0.2) is 22.7 Å². The maximum absolute atomic E-state index is 13.8. The van der Waals surface area contributed by atoms with Crippen LogP contribution in [0.4, 0.5) is 5.69 Å². The molecular formula is C29H22ClNO6. The van der Waals surface area contributed by atoms with Crippen molar-refractivity contribution in [2.24, 2.45) is 0 Å². The Balaban J connectivity index is 1.74. The molecule has 1 atom stereocenters. The van der Waals surface area contributed by atoms with Gasteiger partial charge in [0.2, 0.25) is 5.76 Å². The minimum absolute atomic E-state index is 0.0496. The number of amides is 1. The summed E-state index contributed by atoms with van der Waals surface area (Å²) in [5, 5.41) is 0.651. The first-order valence-electron chi connectivity index (χ1n) is 11.5. The molecule has 0 aliphatic carbocycles. The summed E-state index contributed by atoms with van der Waals surface area (Å²) >= 11 is 6.16. The molecule has 0 N–H and O–H groups in total. The van der Waals surface area contributed by atoms with Crippen molar-refractivity contribution in [1.82, 2.24) is 0 Å². The maximum atomic E-state index is 13.8. The first kappa shape index (κ1) is 24.3. The van der Waals surface area contributed by atoms with Crippen LogP contribution < -0.4 is 19.8 Å². The lowest BCUT2D eigenvalue weighted by molar-refractivity contribution is 0.0970. The van der Waals surface area contributed by atoms with Crippen LogP contribution in [-0.4, -0.2) is 25.4 Å². The van der Waals surface area contributed by atoms with Crippen molar-refractivity contribution < 1.29 is 23.5 Å². The largest absolute Gasteiger partial charge is 0.493 e. The van der Waals surface area contributed by atoms with Gasteiger partial charge in [-0.1, -0.05) is 30.3 Å². The number of hydrogen-bond acceptors (Lipinski definition) is 6. The molecule has 7 nitrogen and oxygen atoms in total. The summed E-state index contributed by atoms with van der Waals surface area (Å²) in [6.07, 6.45) is 1.62. The van der Waals surface area contributed by atoms with Gasteiger partial charge < -0.3 is 13.9 Å². The summed E-state index contributed by atoms with van der Waals surface area (Å²) in [5.41, 5.74) is 1.71. The van der Waals surface area contributed by atoms with Gasteiger partial charge in [-0.05, 0) is 67.1 Å². The predicted octanol–water partition coefficient (Wildman–Crippen LogP) is 5.97. The molecule has 3 aromatic carbocycles. The van der Waals surface area contributed by atoms with Crippen molar-refractivity contribution in [3.63, 3.8) is 0 Å². The average Bonchev–Trinajstić information content (AvgIpc) is 3.20. The number of benzene rings is 3. The Hall–Kier alpha value is -4.36. The number of carbonyl (C=O) groups excluding carboxylic acids is 2. The van der Waals surface area contributed by atoms with Gasteiger partial charge in [-0.2, -0.15) is 0 Å². The van der Waals surface area contributed by atoms with Gasteiger partial charge in [-0.3, -0.25) is 19.3 Å². The standard InChI is InChI=1S/C29H22ClNO6/c1-4-13-36-23-11-7-18(14-24(23)35-3)26-25-27(33)21-15-19(30)8-12-22(21)37-28(25)29(34)31(26)20-9-5-17(6-10-20)16(2)32/h4-12,14-15,26H,1,13H2,2-3H3. The topological polar surface area (TPSA) is 86.0 Å². The summed E-state index contributed by atoms with van der Waals surface area (Å²) in [4.78, 5) is 40.8. The molecule has 1 aliphatic heterocycles. The van der Waals surface area contributed by atoms with Gasteiger partial charge in [-0.15, -0.1) is 0 Å².